The monoisotopic (exact) mass is 410 g/mol. The van der Waals surface area contributed by atoms with Crippen LogP contribution in [0.5, 0.6) is 0 Å². The second kappa shape index (κ2) is 9.80. The Labute approximate surface area is 174 Å². The molecule has 0 radical (unpaired) electrons. The van der Waals surface area contributed by atoms with Crippen LogP contribution in [-0.4, -0.2) is 46.8 Å². The third kappa shape index (κ3) is 5.09. The summed E-state index contributed by atoms with van der Waals surface area (Å²) < 4.78 is 20.4. The number of aromatic nitrogens is 2. The summed E-state index contributed by atoms with van der Waals surface area (Å²) in [6.07, 6.45) is 1.36. The maximum atomic E-state index is 13.9. The average molecular weight is 410 g/mol. The van der Waals surface area contributed by atoms with Crippen LogP contribution in [0.25, 0.3) is 5.69 Å². The maximum Gasteiger partial charge on any atom is 0.343 e. The molecule has 0 spiro atoms. The molecule has 1 amide bonds. The lowest BCUT2D eigenvalue weighted by Crippen LogP contribution is -2.31. The Morgan fingerprint density at radius 2 is 1.83 bits per heavy atom. The van der Waals surface area contributed by atoms with E-state index in [2.05, 4.69) is 10.4 Å². The fourth-order valence-electron chi connectivity index (χ4n) is 2.98. The Morgan fingerprint density at radius 1 is 1.13 bits per heavy atom. The lowest BCUT2D eigenvalue weighted by atomic mass is 10.2. The van der Waals surface area contributed by atoms with E-state index >= 15 is 0 Å². The number of carbonyl (C=O) groups excluding carboxylic acids is 2. The summed E-state index contributed by atoms with van der Waals surface area (Å²) in [6, 6.07) is 15.5. The number of amides is 1. The van der Waals surface area contributed by atoms with E-state index in [1.807, 2.05) is 30.3 Å². The zero-order valence-corrected chi connectivity index (χ0v) is 16.8. The number of para-hydroxylation sites is 1. The summed E-state index contributed by atoms with van der Waals surface area (Å²) in [7, 11) is 1.72. The molecule has 0 aliphatic carbocycles. The Balaban J connectivity index is 1.78. The fourth-order valence-corrected chi connectivity index (χ4v) is 2.98. The van der Waals surface area contributed by atoms with E-state index in [-0.39, 0.29) is 42.8 Å². The van der Waals surface area contributed by atoms with Gasteiger partial charge in [0.1, 0.15) is 11.4 Å². The molecule has 156 valence electrons. The number of halogens is 1. The minimum atomic E-state index is -0.574. The average Bonchev–Trinajstić information content (AvgIpc) is 3.14. The van der Waals surface area contributed by atoms with E-state index in [0.29, 0.717) is 11.3 Å². The Bertz CT molecular complexity index is 1020. The lowest BCUT2D eigenvalue weighted by Gasteiger charge is -2.17. The predicted molar refractivity (Wildman–Crippen MR) is 111 cm³/mol. The van der Waals surface area contributed by atoms with Crippen molar-refractivity contribution in [3.05, 3.63) is 77.7 Å². The first-order chi connectivity index (χ1) is 14.5. The molecule has 0 aliphatic rings. The fraction of sp³-hybridized carbons (Fsp3) is 0.227. The van der Waals surface area contributed by atoms with Gasteiger partial charge in [0, 0.05) is 12.1 Å². The first kappa shape index (κ1) is 21.2. The molecule has 0 unspecified atom stereocenters. The topological polar surface area (TPSA) is 76.5 Å². The molecule has 0 fully saturated rings. The second-order valence-corrected chi connectivity index (χ2v) is 6.69. The van der Waals surface area contributed by atoms with Crippen molar-refractivity contribution < 1.29 is 18.7 Å². The van der Waals surface area contributed by atoms with Gasteiger partial charge in [-0.1, -0.05) is 36.4 Å². The molecular weight excluding hydrogens is 387 g/mol. The number of benzene rings is 2. The van der Waals surface area contributed by atoms with E-state index < -0.39 is 5.97 Å². The van der Waals surface area contributed by atoms with E-state index in [1.54, 1.807) is 37.1 Å². The molecule has 0 saturated carbocycles. The van der Waals surface area contributed by atoms with E-state index in [4.69, 9.17) is 4.74 Å². The van der Waals surface area contributed by atoms with Crippen molar-refractivity contribution in [3.8, 4) is 5.69 Å². The normalized spacial score (nSPS) is 10.8. The smallest absolute Gasteiger partial charge is 0.343 e. The van der Waals surface area contributed by atoms with Gasteiger partial charge in [-0.2, -0.15) is 5.10 Å². The number of esters is 1. The summed E-state index contributed by atoms with van der Waals surface area (Å²) in [5.74, 6) is -1.03. The highest BCUT2D eigenvalue weighted by Gasteiger charge is 2.22. The minimum Gasteiger partial charge on any atom is -0.462 e. The van der Waals surface area contributed by atoms with E-state index in [9.17, 15) is 14.0 Å². The SMILES string of the molecule is CCOC(=O)c1cnn(-c2ccccc2)c1NC(=O)CN(C)Cc1ccccc1F. The van der Waals surface area contributed by atoms with Gasteiger partial charge in [-0.25, -0.2) is 13.9 Å². The number of hydrogen-bond donors (Lipinski definition) is 1. The van der Waals surface area contributed by atoms with E-state index in [0.717, 1.165) is 0 Å². The number of anilines is 1. The van der Waals surface area contributed by atoms with Crippen molar-refractivity contribution in [1.29, 1.82) is 0 Å². The largest absolute Gasteiger partial charge is 0.462 e. The van der Waals surface area contributed by atoms with Gasteiger partial charge in [0.2, 0.25) is 5.91 Å². The van der Waals surface area contributed by atoms with Crippen molar-refractivity contribution in [2.45, 2.75) is 13.5 Å². The molecule has 30 heavy (non-hydrogen) atoms. The zero-order valence-electron chi connectivity index (χ0n) is 16.8. The number of carbonyl (C=O) groups is 2. The van der Waals surface area contributed by atoms with E-state index in [1.165, 1.54) is 16.9 Å². The first-order valence-electron chi connectivity index (χ1n) is 9.52. The molecule has 3 rings (SSSR count). The van der Waals surface area contributed by atoms with Crippen LogP contribution in [0.2, 0.25) is 0 Å². The Morgan fingerprint density at radius 3 is 2.53 bits per heavy atom. The van der Waals surface area contributed by atoms with Crippen LogP contribution < -0.4 is 5.32 Å². The van der Waals surface area contributed by atoms with Gasteiger partial charge in [0.25, 0.3) is 0 Å². The Hall–Kier alpha value is -3.52. The molecule has 0 bridgehead atoms. The van der Waals surface area contributed by atoms with Crippen LogP contribution >= 0.6 is 0 Å². The van der Waals surface area contributed by atoms with Crippen molar-refractivity contribution in [3.63, 3.8) is 0 Å². The Kier molecular flexibility index (Phi) is 6.92. The number of nitrogens with zero attached hydrogens (tertiary/aromatic N) is 3. The predicted octanol–water partition coefficient (Wildman–Crippen LogP) is 3.26. The molecule has 0 atom stereocenters. The quantitative estimate of drug-likeness (QED) is 0.577. The molecule has 0 saturated heterocycles. The molecule has 1 N–H and O–H groups in total. The minimum absolute atomic E-state index is 0.00340. The molecule has 1 aromatic heterocycles. The van der Waals surface area contributed by atoms with Gasteiger partial charge in [0.15, 0.2) is 5.82 Å². The number of likely N-dealkylation sites (N-methyl/N-ethyl adjacent to an activating group) is 1. The van der Waals surface area contributed by atoms with Crippen LogP contribution in [0.1, 0.15) is 22.8 Å². The molecular formula is C22H23FN4O3. The third-order valence-corrected chi connectivity index (χ3v) is 4.33. The molecule has 1 heterocycles. The van der Waals surface area contributed by atoms with Crippen LogP contribution in [0.4, 0.5) is 10.2 Å². The number of hydrogen-bond acceptors (Lipinski definition) is 5. The van der Waals surface area contributed by atoms with Gasteiger partial charge in [-0.15, -0.1) is 0 Å². The highest BCUT2D eigenvalue weighted by molar-refractivity contribution is 6.01. The standard InChI is InChI=1S/C22H23FN4O3/c1-3-30-22(29)18-13-24-27(17-10-5-4-6-11-17)21(18)25-20(28)15-26(2)14-16-9-7-8-12-19(16)23/h4-13H,3,14-15H2,1-2H3,(H,25,28). The van der Waals surface area contributed by atoms with Crippen LogP contribution in [-0.2, 0) is 16.1 Å². The van der Waals surface area contributed by atoms with Crippen LogP contribution in [0.15, 0.2) is 60.8 Å². The summed E-state index contributed by atoms with van der Waals surface area (Å²) in [6.45, 7) is 2.17. The van der Waals surface area contributed by atoms with Crippen molar-refractivity contribution in [2.24, 2.45) is 0 Å². The second-order valence-electron chi connectivity index (χ2n) is 6.69. The van der Waals surface area contributed by atoms with Crippen molar-refractivity contribution in [1.82, 2.24) is 14.7 Å². The number of nitrogens with one attached hydrogen (secondary N) is 1. The van der Waals surface area contributed by atoms with Gasteiger partial charge >= 0.3 is 5.97 Å². The zero-order chi connectivity index (χ0) is 21.5. The molecule has 0 aliphatic heterocycles. The summed E-state index contributed by atoms with van der Waals surface area (Å²) in [4.78, 5) is 26.7. The van der Waals surface area contributed by atoms with Crippen molar-refractivity contribution in [2.75, 3.05) is 25.5 Å². The first-order valence-corrected chi connectivity index (χ1v) is 9.52. The summed E-state index contributed by atoms with van der Waals surface area (Å²) in [5.41, 5.74) is 1.34. The number of ether oxygens (including phenoxy) is 1. The van der Waals surface area contributed by atoms with Crippen LogP contribution in [0.3, 0.4) is 0 Å². The van der Waals surface area contributed by atoms with Crippen LogP contribution in [0, 0.1) is 5.82 Å². The molecule has 8 heteroatoms. The van der Waals surface area contributed by atoms with Gasteiger partial charge < -0.3 is 10.1 Å². The molecule has 7 nitrogen and oxygen atoms in total. The highest BCUT2D eigenvalue weighted by atomic mass is 19.1. The lowest BCUT2D eigenvalue weighted by molar-refractivity contribution is -0.117. The van der Waals surface area contributed by atoms with Gasteiger partial charge in [-0.3, -0.25) is 9.69 Å². The molecule has 2 aromatic carbocycles. The summed E-state index contributed by atoms with van der Waals surface area (Å²) in [5, 5.41) is 6.99. The van der Waals surface area contributed by atoms with Crippen molar-refractivity contribution >= 4 is 17.7 Å². The third-order valence-electron chi connectivity index (χ3n) is 4.33. The highest BCUT2D eigenvalue weighted by Crippen LogP contribution is 2.21. The maximum absolute atomic E-state index is 13.9. The number of rotatable bonds is 8. The molecule has 3 aromatic rings. The van der Waals surface area contributed by atoms with Gasteiger partial charge in [-0.05, 0) is 32.2 Å². The van der Waals surface area contributed by atoms with Gasteiger partial charge in [0.05, 0.1) is 25.0 Å². The summed E-state index contributed by atoms with van der Waals surface area (Å²) >= 11 is 0.